The van der Waals surface area contributed by atoms with Gasteiger partial charge in [0.1, 0.15) is 0 Å². The van der Waals surface area contributed by atoms with Crippen LogP contribution in [-0.4, -0.2) is 0 Å². The van der Waals surface area contributed by atoms with E-state index in [2.05, 4.69) is 32.9 Å². The van der Waals surface area contributed by atoms with Crippen molar-refractivity contribution in [2.75, 3.05) is 0 Å². The largest absolute Gasteiger partial charge is 0.147 e. The second kappa shape index (κ2) is 7.26. The summed E-state index contributed by atoms with van der Waals surface area (Å²) < 4.78 is 1.63. The Balaban J connectivity index is 0. The summed E-state index contributed by atoms with van der Waals surface area (Å²) in [6.45, 7) is 6.84. The Morgan fingerprint density at radius 2 is 1.92 bits per heavy atom. The van der Waals surface area contributed by atoms with Crippen LogP contribution in [0.25, 0.3) is 0 Å². The van der Waals surface area contributed by atoms with Gasteiger partial charge in [0.05, 0.1) is 0 Å². The van der Waals surface area contributed by atoms with Gasteiger partial charge in [0.25, 0.3) is 0 Å². The van der Waals surface area contributed by atoms with Crippen LogP contribution in [0, 0.1) is 11.8 Å². The summed E-state index contributed by atoms with van der Waals surface area (Å²) in [7, 11) is 0. The van der Waals surface area contributed by atoms with Gasteiger partial charge in [-0.2, -0.15) is 0 Å². The third kappa shape index (κ3) is 4.32. The molecule has 0 aliphatic heterocycles. The van der Waals surface area contributed by atoms with Crippen LogP contribution in [0.1, 0.15) is 27.2 Å². The molecule has 3 heteroatoms. The summed E-state index contributed by atoms with van der Waals surface area (Å²) in [5, 5.41) is 0. The molecular formula is C10H17Cl2Zr. The van der Waals surface area contributed by atoms with Crippen molar-refractivity contribution in [3.05, 3.63) is 21.0 Å². The standard InChI is InChI=1S/C10H15.2ClH.Zr/c1-4-9-5-6-10(7-9)8(2)3;;;/h5,7-8,10H,4H2,1-3H3;2*1H;. The number of hydrogen-bond donors (Lipinski definition) is 0. The normalized spacial score (nSPS) is 20.1. The third-order valence-corrected chi connectivity index (χ3v) is 3.39. The molecule has 0 nitrogen and oxygen atoms in total. The van der Waals surface area contributed by atoms with E-state index in [1.54, 1.807) is 28.0 Å². The topological polar surface area (TPSA) is 0 Å². The van der Waals surface area contributed by atoms with Gasteiger partial charge in [-0.15, -0.1) is 24.8 Å². The number of allylic oxidation sites excluding steroid dienone is 4. The SMILES string of the molecule is CCC1=CC(C(C)C)[C]([Zr])=C1.Cl.Cl. The minimum Gasteiger partial charge on any atom is -0.147 e. The number of hydrogen-bond acceptors (Lipinski definition) is 0. The van der Waals surface area contributed by atoms with Crippen LogP contribution in [0.15, 0.2) is 21.0 Å². The molecule has 0 amide bonds. The molecular weight excluding hydrogens is 282 g/mol. The van der Waals surface area contributed by atoms with Crippen LogP contribution in [0.2, 0.25) is 0 Å². The Labute approximate surface area is 109 Å². The van der Waals surface area contributed by atoms with Crippen molar-refractivity contribution >= 4 is 24.8 Å². The van der Waals surface area contributed by atoms with Crippen molar-refractivity contribution in [3.8, 4) is 0 Å². The molecule has 0 heterocycles. The zero-order chi connectivity index (χ0) is 8.43. The first-order valence-corrected chi connectivity index (χ1v) is 5.52. The zero-order valence-corrected chi connectivity index (χ0v) is 12.4. The van der Waals surface area contributed by atoms with Crippen LogP contribution in [0.4, 0.5) is 0 Å². The minimum absolute atomic E-state index is 0. The molecule has 0 saturated carbocycles. The molecule has 0 aromatic carbocycles. The van der Waals surface area contributed by atoms with E-state index in [-0.39, 0.29) is 24.8 Å². The van der Waals surface area contributed by atoms with Gasteiger partial charge in [-0.25, -0.2) is 0 Å². The van der Waals surface area contributed by atoms with Gasteiger partial charge in [0.15, 0.2) is 0 Å². The van der Waals surface area contributed by atoms with E-state index in [1.807, 2.05) is 0 Å². The van der Waals surface area contributed by atoms with E-state index in [4.69, 9.17) is 0 Å². The molecule has 0 N–H and O–H groups in total. The molecule has 0 aromatic rings. The third-order valence-electron chi connectivity index (χ3n) is 2.22. The van der Waals surface area contributed by atoms with Gasteiger partial charge in [0, 0.05) is 0 Å². The first-order chi connectivity index (χ1) is 5.15. The van der Waals surface area contributed by atoms with E-state index < -0.39 is 0 Å². The summed E-state index contributed by atoms with van der Waals surface area (Å²) >= 11 is 1.59. The molecule has 1 unspecified atom stereocenters. The molecule has 0 fully saturated rings. The van der Waals surface area contributed by atoms with Crippen LogP contribution in [0.3, 0.4) is 0 Å². The van der Waals surface area contributed by atoms with Crippen molar-refractivity contribution in [2.45, 2.75) is 27.2 Å². The van der Waals surface area contributed by atoms with Gasteiger partial charge >= 0.3 is 84.8 Å². The van der Waals surface area contributed by atoms with Crippen LogP contribution in [0.5, 0.6) is 0 Å². The Morgan fingerprint density at radius 3 is 2.15 bits per heavy atom. The first-order valence-electron chi connectivity index (χ1n) is 4.29. The molecule has 0 radical (unpaired) electrons. The van der Waals surface area contributed by atoms with Gasteiger partial charge in [-0.1, -0.05) is 0 Å². The fourth-order valence-corrected chi connectivity index (χ4v) is 2.92. The second-order valence-electron chi connectivity index (χ2n) is 3.46. The fourth-order valence-electron chi connectivity index (χ4n) is 1.44. The fraction of sp³-hybridized carbons (Fsp3) is 0.600. The molecule has 13 heavy (non-hydrogen) atoms. The number of rotatable bonds is 2. The van der Waals surface area contributed by atoms with Gasteiger partial charge in [0.2, 0.25) is 0 Å². The van der Waals surface area contributed by atoms with Crippen molar-refractivity contribution in [3.63, 3.8) is 0 Å². The predicted molar refractivity (Wildman–Crippen MR) is 59.3 cm³/mol. The van der Waals surface area contributed by atoms with Crippen molar-refractivity contribution in [1.29, 1.82) is 0 Å². The molecule has 0 saturated heterocycles. The Hall–Kier alpha value is 0.943. The van der Waals surface area contributed by atoms with Crippen LogP contribution >= 0.6 is 24.8 Å². The van der Waals surface area contributed by atoms with Gasteiger partial charge in [-0.05, 0) is 0 Å². The Bertz CT molecular complexity index is 207. The molecule has 0 aromatic heterocycles. The van der Waals surface area contributed by atoms with Crippen molar-refractivity contribution in [1.82, 2.24) is 0 Å². The molecule has 75 valence electrons. The van der Waals surface area contributed by atoms with E-state index in [0.717, 1.165) is 11.8 Å². The molecule has 1 rings (SSSR count). The maximum absolute atomic E-state index is 2.44. The quantitative estimate of drug-likeness (QED) is 0.726. The maximum Gasteiger partial charge on any atom is -0.147 e. The summed E-state index contributed by atoms with van der Waals surface area (Å²) in [6.07, 6.45) is 6.01. The van der Waals surface area contributed by atoms with Crippen molar-refractivity contribution < 1.29 is 24.7 Å². The zero-order valence-electron chi connectivity index (χ0n) is 8.33. The molecule has 1 aliphatic carbocycles. The monoisotopic (exact) mass is 297 g/mol. The average Bonchev–Trinajstić information content (AvgIpc) is 2.30. The molecule has 1 atom stereocenters. The van der Waals surface area contributed by atoms with E-state index >= 15 is 0 Å². The van der Waals surface area contributed by atoms with Crippen molar-refractivity contribution in [2.24, 2.45) is 11.8 Å². The summed E-state index contributed by atoms with van der Waals surface area (Å²) in [5.74, 6) is 1.53. The van der Waals surface area contributed by atoms with Gasteiger partial charge in [-0.3, -0.25) is 0 Å². The Kier molecular flexibility index (Phi) is 9.15. The maximum atomic E-state index is 2.44. The van der Waals surface area contributed by atoms with E-state index in [0.29, 0.717) is 0 Å². The van der Waals surface area contributed by atoms with Crippen LogP contribution in [-0.2, 0) is 24.7 Å². The summed E-state index contributed by atoms with van der Waals surface area (Å²) in [6, 6.07) is 0. The van der Waals surface area contributed by atoms with Crippen LogP contribution < -0.4 is 0 Å². The minimum atomic E-state index is 0. The number of halogens is 2. The second-order valence-corrected chi connectivity index (χ2v) is 4.88. The van der Waals surface area contributed by atoms with E-state index in [1.165, 1.54) is 12.0 Å². The first kappa shape index (κ1) is 16.4. The molecule has 1 aliphatic rings. The molecule has 0 spiro atoms. The molecule has 0 bridgehead atoms. The summed E-state index contributed by atoms with van der Waals surface area (Å²) in [4.78, 5) is 0. The van der Waals surface area contributed by atoms with Gasteiger partial charge < -0.3 is 0 Å². The summed E-state index contributed by atoms with van der Waals surface area (Å²) in [5.41, 5.74) is 1.54. The average molecular weight is 299 g/mol. The predicted octanol–water partition coefficient (Wildman–Crippen LogP) is 3.88. The van der Waals surface area contributed by atoms with E-state index in [9.17, 15) is 0 Å². The smallest absolute Gasteiger partial charge is 0.147 e. The Morgan fingerprint density at radius 1 is 1.38 bits per heavy atom.